The Kier molecular flexibility index (Phi) is 4.50. The minimum Gasteiger partial charge on any atom is -0.435 e. The molecule has 3 heterocycles. The quantitative estimate of drug-likeness (QED) is 0.832. The molecule has 4 rings (SSSR count). The van der Waals surface area contributed by atoms with Gasteiger partial charge in [-0.05, 0) is 39.0 Å². The molecule has 25 heavy (non-hydrogen) atoms. The first kappa shape index (κ1) is 16.6. The molecular weight excluding hydrogens is 322 g/mol. The fraction of sp³-hybridized carbons (Fsp3) is 0.722. The second-order valence-electron chi connectivity index (χ2n) is 7.19. The van der Waals surface area contributed by atoms with Crippen molar-refractivity contribution < 1.29 is 18.7 Å². The summed E-state index contributed by atoms with van der Waals surface area (Å²) in [6, 6.07) is -0.395. The minimum absolute atomic E-state index is 0.0379. The van der Waals surface area contributed by atoms with Crippen LogP contribution in [0.3, 0.4) is 0 Å². The summed E-state index contributed by atoms with van der Waals surface area (Å²) < 4.78 is 11.1. The summed E-state index contributed by atoms with van der Waals surface area (Å²) in [5.74, 6) is 1.20. The lowest BCUT2D eigenvalue weighted by atomic mass is 10.00. The Hall–Kier alpha value is -1.89. The molecule has 2 aliphatic heterocycles. The number of aromatic nitrogens is 1. The summed E-state index contributed by atoms with van der Waals surface area (Å²) in [4.78, 5) is 34.0. The molecule has 1 unspecified atom stereocenters. The predicted octanol–water partition coefficient (Wildman–Crippen LogP) is 1.71. The summed E-state index contributed by atoms with van der Waals surface area (Å²) in [7, 11) is 0. The molecule has 0 aromatic carbocycles. The van der Waals surface area contributed by atoms with Gasteiger partial charge in [-0.2, -0.15) is 0 Å². The lowest BCUT2D eigenvalue weighted by Gasteiger charge is -2.38. The number of hydrogen-bond donors (Lipinski definition) is 0. The zero-order valence-electron chi connectivity index (χ0n) is 14.7. The van der Waals surface area contributed by atoms with Gasteiger partial charge < -0.3 is 19.0 Å². The zero-order chi connectivity index (χ0) is 17.4. The van der Waals surface area contributed by atoms with Gasteiger partial charge in [0.25, 0.3) is 5.91 Å². The number of ether oxygens (including phenoxy) is 1. The van der Waals surface area contributed by atoms with Crippen molar-refractivity contribution in [1.29, 1.82) is 0 Å². The molecule has 136 valence electrons. The summed E-state index contributed by atoms with van der Waals surface area (Å²) in [5, 5.41) is 0. The van der Waals surface area contributed by atoms with E-state index < -0.39 is 6.04 Å². The maximum absolute atomic E-state index is 13.1. The van der Waals surface area contributed by atoms with E-state index in [1.165, 1.54) is 0 Å². The summed E-state index contributed by atoms with van der Waals surface area (Å²) >= 11 is 0. The number of oxazole rings is 1. The van der Waals surface area contributed by atoms with Gasteiger partial charge in [-0.25, -0.2) is 4.98 Å². The van der Waals surface area contributed by atoms with Gasteiger partial charge in [0, 0.05) is 25.6 Å². The number of carbonyl (C=O) groups is 2. The van der Waals surface area contributed by atoms with Crippen LogP contribution in [-0.2, 0) is 9.53 Å². The van der Waals surface area contributed by atoms with Crippen molar-refractivity contribution in [1.82, 2.24) is 14.8 Å². The van der Waals surface area contributed by atoms with Gasteiger partial charge in [0.1, 0.15) is 6.04 Å². The van der Waals surface area contributed by atoms with Crippen LogP contribution in [0.15, 0.2) is 4.42 Å². The number of morpholine rings is 1. The minimum atomic E-state index is -0.395. The number of carbonyl (C=O) groups excluding carboxylic acids is 2. The molecule has 1 aromatic rings. The second-order valence-corrected chi connectivity index (χ2v) is 7.19. The molecule has 3 fully saturated rings. The van der Waals surface area contributed by atoms with E-state index >= 15 is 0 Å². The van der Waals surface area contributed by atoms with Crippen molar-refractivity contribution >= 4 is 11.8 Å². The lowest BCUT2D eigenvalue weighted by molar-refractivity contribution is -0.141. The second kappa shape index (κ2) is 6.78. The molecule has 1 aromatic heterocycles. The first-order valence-corrected chi connectivity index (χ1v) is 9.30. The van der Waals surface area contributed by atoms with Crippen LogP contribution in [0.4, 0.5) is 0 Å². The van der Waals surface area contributed by atoms with E-state index in [-0.39, 0.29) is 11.8 Å². The van der Waals surface area contributed by atoms with Gasteiger partial charge in [0.15, 0.2) is 5.89 Å². The van der Waals surface area contributed by atoms with Crippen LogP contribution in [0.1, 0.15) is 60.2 Å². The zero-order valence-corrected chi connectivity index (χ0v) is 14.7. The maximum atomic E-state index is 13.1. The summed E-state index contributed by atoms with van der Waals surface area (Å²) in [6.45, 7) is 4.75. The number of nitrogens with zero attached hydrogens (tertiary/aromatic N) is 3. The Morgan fingerprint density at radius 3 is 2.56 bits per heavy atom. The third-order valence-electron chi connectivity index (χ3n) is 5.31. The van der Waals surface area contributed by atoms with Crippen LogP contribution in [0, 0.1) is 6.92 Å². The van der Waals surface area contributed by atoms with Crippen molar-refractivity contribution in [2.24, 2.45) is 0 Å². The topological polar surface area (TPSA) is 75.9 Å². The van der Waals surface area contributed by atoms with Crippen LogP contribution < -0.4 is 0 Å². The number of hydrogen-bond acceptors (Lipinski definition) is 5. The monoisotopic (exact) mass is 347 g/mol. The Balaban J connectivity index is 1.53. The summed E-state index contributed by atoms with van der Waals surface area (Å²) in [5.41, 5.74) is 0.634. The Morgan fingerprint density at radius 2 is 1.84 bits per heavy atom. The fourth-order valence-corrected chi connectivity index (χ4v) is 3.68. The van der Waals surface area contributed by atoms with Crippen LogP contribution in [0.25, 0.3) is 0 Å². The highest BCUT2D eigenvalue weighted by Crippen LogP contribution is 2.40. The van der Waals surface area contributed by atoms with Crippen molar-refractivity contribution in [2.45, 2.75) is 51.0 Å². The number of aryl methyl sites for hydroxylation is 1. The molecule has 2 saturated heterocycles. The van der Waals surface area contributed by atoms with Crippen molar-refractivity contribution in [3.05, 3.63) is 17.3 Å². The van der Waals surface area contributed by atoms with Gasteiger partial charge in [0.05, 0.1) is 18.9 Å². The Bertz CT molecular complexity index is 661. The van der Waals surface area contributed by atoms with E-state index in [0.29, 0.717) is 62.5 Å². The van der Waals surface area contributed by atoms with Gasteiger partial charge >= 0.3 is 0 Å². The largest absolute Gasteiger partial charge is 0.435 e. The average Bonchev–Trinajstić information content (AvgIpc) is 3.43. The Morgan fingerprint density at radius 1 is 1.08 bits per heavy atom. The third kappa shape index (κ3) is 3.29. The number of piperidine rings is 1. The molecule has 3 aliphatic rings. The molecule has 0 radical (unpaired) electrons. The highest BCUT2D eigenvalue weighted by molar-refractivity contribution is 5.96. The van der Waals surface area contributed by atoms with E-state index in [1.807, 2.05) is 11.8 Å². The van der Waals surface area contributed by atoms with Crippen molar-refractivity contribution in [2.75, 3.05) is 32.8 Å². The molecule has 1 atom stereocenters. The van der Waals surface area contributed by atoms with E-state index in [4.69, 9.17) is 9.15 Å². The van der Waals surface area contributed by atoms with Crippen LogP contribution >= 0.6 is 0 Å². The maximum Gasteiger partial charge on any atom is 0.292 e. The Labute approximate surface area is 147 Å². The number of rotatable bonds is 3. The molecule has 1 saturated carbocycles. The average molecular weight is 347 g/mol. The van der Waals surface area contributed by atoms with Gasteiger partial charge in [0.2, 0.25) is 11.7 Å². The third-order valence-corrected chi connectivity index (χ3v) is 5.31. The molecule has 2 amide bonds. The van der Waals surface area contributed by atoms with Gasteiger partial charge in [-0.15, -0.1) is 0 Å². The van der Waals surface area contributed by atoms with E-state index in [0.717, 1.165) is 25.7 Å². The first-order valence-electron chi connectivity index (χ1n) is 9.30. The van der Waals surface area contributed by atoms with Crippen LogP contribution in [0.5, 0.6) is 0 Å². The van der Waals surface area contributed by atoms with Crippen LogP contribution in [0.2, 0.25) is 0 Å². The van der Waals surface area contributed by atoms with Gasteiger partial charge in [-0.3, -0.25) is 9.59 Å². The normalized spacial score (nSPS) is 24.4. The molecule has 7 heteroatoms. The van der Waals surface area contributed by atoms with Gasteiger partial charge in [-0.1, -0.05) is 0 Å². The molecule has 1 aliphatic carbocycles. The molecule has 0 N–H and O–H groups in total. The van der Waals surface area contributed by atoms with E-state index in [1.54, 1.807) is 4.90 Å². The lowest BCUT2D eigenvalue weighted by Crippen LogP contribution is -2.55. The van der Waals surface area contributed by atoms with E-state index in [2.05, 4.69) is 4.98 Å². The van der Waals surface area contributed by atoms with Crippen molar-refractivity contribution in [3.8, 4) is 0 Å². The predicted molar refractivity (Wildman–Crippen MR) is 89.3 cm³/mol. The highest BCUT2D eigenvalue weighted by Gasteiger charge is 2.38. The standard InChI is InChI=1S/C18H25N3O4/c1-12-15(25-16(19-12)13-5-6-13)18(23)21-7-3-2-4-14(21)17(22)20-8-10-24-11-9-20/h13-14H,2-11H2,1H3. The molecule has 7 nitrogen and oxygen atoms in total. The number of amides is 2. The van der Waals surface area contributed by atoms with Crippen molar-refractivity contribution in [3.63, 3.8) is 0 Å². The smallest absolute Gasteiger partial charge is 0.292 e. The fourth-order valence-electron chi connectivity index (χ4n) is 3.68. The number of likely N-dealkylation sites (tertiary alicyclic amines) is 1. The molecular formula is C18H25N3O4. The van der Waals surface area contributed by atoms with Crippen LogP contribution in [-0.4, -0.2) is 65.5 Å². The highest BCUT2D eigenvalue weighted by atomic mass is 16.5. The molecule has 0 bridgehead atoms. The first-order chi connectivity index (χ1) is 12.1. The molecule has 0 spiro atoms. The van der Waals surface area contributed by atoms with E-state index in [9.17, 15) is 9.59 Å². The SMILES string of the molecule is Cc1nc(C2CC2)oc1C(=O)N1CCCCC1C(=O)N1CCOCC1. The summed E-state index contributed by atoms with van der Waals surface area (Å²) in [6.07, 6.45) is 4.75.